The highest BCUT2D eigenvalue weighted by molar-refractivity contribution is 5.96. The lowest BCUT2D eigenvalue weighted by Crippen LogP contribution is -2.30. The van der Waals surface area contributed by atoms with E-state index in [2.05, 4.69) is 5.32 Å². The van der Waals surface area contributed by atoms with Crippen LogP contribution in [0.2, 0.25) is 0 Å². The summed E-state index contributed by atoms with van der Waals surface area (Å²) in [5.41, 5.74) is 1.51. The number of Topliss-reactive ketones (excluding diaryl/α,β-unsaturated/α-hetero) is 1. The van der Waals surface area contributed by atoms with Crippen LogP contribution < -0.4 is 5.32 Å². The number of ether oxygens (including phenoxy) is 1. The normalized spacial score (nSPS) is 11.5. The van der Waals surface area contributed by atoms with Crippen molar-refractivity contribution in [3.05, 3.63) is 71.8 Å². The molecule has 0 spiro atoms. The highest BCUT2D eigenvalue weighted by Crippen LogP contribution is 2.19. The third-order valence-corrected chi connectivity index (χ3v) is 3.25. The van der Waals surface area contributed by atoms with Gasteiger partial charge in [-0.25, -0.2) is 4.79 Å². The van der Waals surface area contributed by atoms with Crippen molar-refractivity contribution in [3.8, 4) is 0 Å². The number of hydrogen-bond donors (Lipinski definition) is 1. The largest absolute Gasteiger partial charge is 0.450 e. The Bertz CT molecular complexity index is 611. The summed E-state index contributed by atoms with van der Waals surface area (Å²) in [5.74, 6) is -0.0220. The van der Waals surface area contributed by atoms with E-state index in [1.807, 2.05) is 48.5 Å². The Morgan fingerprint density at radius 2 is 1.59 bits per heavy atom. The predicted molar refractivity (Wildman–Crippen MR) is 84.7 cm³/mol. The van der Waals surface area contributed by atoms with Crippen molar-refractivity contribution < 1.29 is 14.3 Å². The minimum atomic E-state index is -0.516. The summed E-state index contributed by atoms with van der Waals surface area (Å²) in [6.45, 7) is 2.03. The van der Waals surface area contributed by atoms with E-state index < -0.39 is 12.1 Å². The van der Waals surface area contributed by atoms with Gasteiger partial charge in [0.25, 0.3) is 0 Å². The number of ketones is 1. The molecule has 1 atom stereocenters. The zero-order valence-electron chi connectivity index (χ0n) is 12.5. The molecule has 2 rings (SSSR count). The van der Waals surface area contributed by atoms with Crippen molar-refractivity contribution in [1.29, 1.82) is 0 Å². The van der Waals surface area contributed by atoms with Gasteiger partial charge in [0.15, 0.2) is 5.78 Å². The zero-order valence-corrected chi connectivity index (χ0v) is 12.5. The average Bonchev–Trinajstić information content (AvgIpc) is 2.56. The van der Waals surface area contributed by atoms with E-state index in [1.54, 1.807) is 19.1 Å². The van der Waals surface area contributed by atoms with E-state index in [0.717, 1.165) is 5.56 Å². The van der Waals surface area contributed by atoms with Crippen molar-refractivity contribution in [3.63, 3.8) is 0 Å². The molecule has 0 aromatic heterocycles. The minimum absolute atomic E-state index is 0.0220. The number of amides is 1. The first-order valence-electron chi connectivity index (χ1n) is 7.27. The smallest absolute Gasteiger partial charge is 0.407 e. The molecule has 0 aliphatic rings. The summed E-state index contributed by atoms with van der Waals surface area (Å²) in [5, 5.41) is 2.75. The highest BCUT2D eigenvalue weighted by Gasteiger charge is 2.19. The van der Waals surface area contributed by atoms with Gasteiger partial charge in [-0.2, -0.15) is 0 Å². The van der Waals surface area contributed by atoms with Gasteiger partial charge in [0.1, 0.15) is 0 Å². The van der Waals surface area contributed by atoms with Gasteiger partial charge < -0.3 is 10.1 Å². The fourth-order valence-corrected chi connectivity index (χ4v) is 2.18. The summed E-state index contributed by atoms with van der Waals surface area (Å²) in [4.78, 5) is 24.1. The van der Waals surface area contributed by atoms with E-state index in [1.165, 1.54) is 0 Å². The topological polar surface area (TPSA) is 55.4 Å². The standard InChI is InChI=1S/C18H19NO3/c1-2-22-18(21)19-16(14-9-5-3-6-10-14)13-17(20)15-11-7-4-8-12-15/h3-12,16H,2,13H2,1H3,(H,19,21). The molecule has 1 N–H and O–H groups in total. The summed E-state index contributed by atoms with van der Waals surface area (Å²) in [7, 11) is 0. The first-order chi connectivity index (χ1) is 10.7. The fourth-order valence-electron chi connectivity index (χ4n) is 2.18. The molecule has 114 valence electrons. The molecule has 0 fully saturated rings. The van der Waals surface area contributed by atoms with Gasteiger partial charge >= 0.3 is 6.09 Å². The SMILES string of the molecule is CCOC(=O)NC(CC(=O)c1ccccc1)c1ccccc1. The van der Waals surface area contributed by atoms with Crippen molar-refractivity contribution in [2.45, 2.75) is 19.4 Å². The molecule has 1 amide bonds. The maximum Gasteiger partial charge on any atom is 0.407 e. The minimum Gasteiger partial charge on any atom is -0.450 e. The lowest BCUT2D eigenvalue weighted by atomic mass is 9.98. The van der Waals surface area contributed by atoms with E-state index in [4.69, 9.17) is 4.74 Å². The molecule has 0 saturated heterocycles. The van der Waals surface area contributed by atoms with Gasteiger partial charge in [-0.15, -0.1) is 0 Å². The van der Waals surface area contributed by atoms with Crippen molar-refractivity contribution in [2.24, 2.45) is 0 Å². The molecule has 1 unspecified atom stereocenters. The first-order valence-corrected chi connectivity index (χ1v) is 7.27. The Kier molecular flexibility index (Phi) is 5.72. The molecular formula is C18H19NO3. The highest BCUT2D eigenvalue weighted by atomic mass is 16.5. The van der Waals surface area contributed by atoms with Gasteiger partial charge in [-0.1, -0.05) is 60.7 Å². The molecule has 2 aromatic rings. The monoisotopic (exact) mass is 297 g/mol. The second kappa shape index (κ2) is 7.98. The Balaban J connectivity index is 2.14. The second-order valence-electron chi connectivity index (χ2n) is 4.82. The summed E-state index contributed by atoms with van der Waals surface area (Å²) in [6, 6.07) is 18.1. The number of carbonyl (C=O) groups excluding carboxylic acids is 2. The van der Waals surface area contributed by atoms with E-state index in [9.17, 15) is 9.59 Å². The predicted octanol–water partition coefficient (Wildman–Crippen LogP) is 3.75. The number of hydrogen-bond acceptors (Lipinski definition) is 3. The maximum atomic E-state index is 12.4. The molecule has 4 heteroatoms. The van der Waals surface area contributed by atoms with E-state index in [-0.39, 0.29) is 12.2 Å². The Hall–Kier alpha value is -2.62. The van der Waals surface area contributed by atoms with Crippen LogP contribution in [0.5, 0.6) is 0 Å². The van der Waals surface area contributed by atoms with Crippen molar-refractivity contribution in [2.75, 3.05) is 6.61 Å². The Morgan fingerprint density at radius 1 is 1.00 bits per heavy atom. The lowest BCUT2D eigenvalue weighted by Gasteiger charge is -2.18. The maximum absolute atomic E-state index is 12.4. The molecule has 0 heterocycles. The number of nitrogens with one attached hydrogen (secondary N) is 1. The summed E-state index contributed by atoms with van der Waals surface area (Å²) >= 11 is 0. The molecule has 0 saturated carbocycles. The van der Waals surface area contributed by atoms with Crippen LogP contribution in [0.25, 0.3) is 0 Å². The Morgan fingerprint density at radius 3 is 2.18 bits per heavy atom. The number of rotatable bonds is 6. The quantitative estimate of drug-likeness (QED) is 0.826. The van der Waals surface area contributed by atoms with E-state index in [0.29, 0.717) is 12.2 Å². The first kappa shape index (κ1) is 15.8. The van der Waals surface area contributed by atoms with E-state index >= 15 is 0 Å². The molecule has 0 radical (unpaired) electrons. The van der Waals surface area contributed by atoms with Crippen LogP contribution in [0.3, 0.4) is 0 Å². The van der Waals surface area contributed by atoms with Gasteiger partial charge in [-0.3, -0.25) is 4.79 Å². The summed E-state index contributed by atoms with van der Waals surface area (Å²) < 4.78 is 4.92. The van der Waals surface area contributed by atoms with Crippen LogP contribution in [0.15, 0.2) is 60.7 Å². The lowest BCUT2D eigenvalue weighted by molar-refractivity contribution is 0.0965. The van der Waals surface area contributed by atoms with Crippen LogP contribution in [-0.2, 0) is 4.74 Å². The van der Waals surface area contributed by atoms with Crippen LogP contribution in [0.1, 0.15) is 35.3 Å². The Labute approximate surface area is 130 Å². The zero-order chi connectivity index (χ0) is 15.8. The number of benzene rings is 2. The van der Waals surface area contributed by atoms with Crippen LogP contribution >= 0.6 is 0 Å². The molecule has 0 aliphatic carbocycles. The molecule has 22 heavy (non-hydrogen) atoms. The van der Waals surface area contributed by atoms with Crippen molar-refractivity contribution in [1.82, 2.24) is 5.32 Å². The number of carbonyl (C=O) groups is 2. The average molecular weight is 297 g/mol. The van der Waals surface area contributed by atoms with Crippen LogP contribution in [0, 0.1) is 0 Å². The molecular weight excluding hydrogens is 278 g/mol. The summed E-state index contributed by atoms with van der Waals surface area (Å²) in [6.07, 6.45) is -0.329. The van der Waals surface area contributed by atoms with Gasteiger partial charge in [0.2, 0.25) is 0 Å². The van der Waals surface area contributed by atoms with Gasteiger partial charge in [-0.05, 0) is 12.5 Å². The third kappa shape index (κ3) is 4.45. The molecule has 2 aromatic carbocycles. The fraction of sp³-hybridized carbons (Fsp3) is 0.222. The molecule has 0 aliphatic heterocycles. The third-order valence-electron chi connectivity index (χ3n) is 3.25. The van der Waals surface area contributed by atoms with Crippen molar-refractivity contribution >= 4 is 11.9 Å². The second-order valence-corrected chi connectivity index (χ2v) is 4.82. The van der Waals surface area contributed by atoms with Crippen LogP contribution in [-0.4, -0.2) is 18.5 Å². The molecule has 4 nitrogen and oxygen atoms in total. The molecule has 0 bridgehead atoms. The number of alkyl carbamates (subject to hydrolysis) is 1. The van der Waals surface area contributed by atoms with Crippen LogP contribution in [0.4, 0.5) is 4.79 Å². The van der Waals surface area contributed by atoms with Gasteiger partial charge in [0.05, 0.1) is 12.6 Å². The van der Waals surface area contributed by atoms with Gasteiger partial charge in [0, 0.05) is 12.0 Å².